The van der Waals surface area contributed by atoms with E-state index in [-0.39, 0.29) is 6.61 Å². The molecule has 0 saturated carbocycles. The van der Waals surface area contributed by atoms with E-state index in [0.717, 1.165) is 0 Å². The van der Waals surface area contributed by atoms with Gasteiger partial charge in [-0.05, 0) is 43.3 Å². The van der Waals surface area contributed by atoms with Gasteiger partial charge >= 0.3 is 5.97 Å². The molecule has 0 radical (unpaired) electrons. The minimum atomic E-state index is -0.790. The Morgan fingerprint density at radius 2 is 2.00 bits per heavy atom. The minimum absolute atomic E-state index is 0.0609. The number of fused-ring (bicyclic) bond motifs is 1. The van der Waals surface area contributed by atoms with E-state index >= 15 is 0 Å². The lowest BCUT2D eigenvalue weighted by Crippen LogP contribution is -2.26. The molecular weight excluding hydrogens is 308 g/mol. The van der Waals surface area contributed by atoms with Crippen LogP contribution in [0.3, 0.4) is 0 Å². The monoisotopic (exact) mass is 322 g/mol. The van der Waals surface area contributed by atoms with Gasteiger partial charge < -0.3 is 13.9 Å². The zero-order chi connectivity index (χ0) is 16.9. The molecule has 2 aromatic carbocycles. The predicted molar refractivity (Wildman–Crippen MR) is 85.1 cm³/mol. The first-order valence-electron chi connectivity index (χ1n) is 7.33. The highest BCUT2D eigenvalue weighted by atomic mass is 16.6. The van der Waals surface area contributed by atoms with Crippen LogP contribution >= 0.6 is 0 Å². The van der Waals surface area contributed by atoms with Crippen LogP contribution in [0.4, 0.5) is 0 Å². The third-order valence-electron chi connectivity index (χ3n) is 3.30. The van der Waals surface area contributed by atoms with E-state index in [0.29, 0.717) is 28.3 Å². The molecule has 0 amide bonds. The fraction of sp³-hybridized carbons (Fsp3) is 0.167. The summed E-state index contributed by atoms with van der Waals surface area (Å²) in [5.74, 6) is 0.289. The second kappa shape index (κ2) is 6.84. The number of hydrogen-bond donors (Lipinski definition) is 0. The predicted octanol–water partition coefficient (Wildman–Crippen LogP) is 3.21. The van der Waals surface area contributed by atoms with Crippen molar-refractivity contribution < 1.29 is 18.7 Å². The molecule has 0 bridgehead atoms. The second-order valence-corrected chi connectivity index (χ2v) is 5.08. The standard InChI is InChI=1S/C18H14N2O4/c1-12(23-14-8-6-13(10-19)7-9-14)18(21)22-11-17-20-15-4-2-3-5-16(15)24-17/h2-9,12H,11H2,1H3/t12-/m0/s1. The van der Waals surface area contributed by atoms with Crippen LogP contribution in [-0.4, -0.2) is 17.1 Å². The fourth-order valence-corrected chi connectivity index (χ4v) is 2.09. The summed E-state index contributed by atoms with van der Waals surface area (Å²) in [6, 6.07) is 15.8. The average molecular weight is 322 g/mol. The Hall–Kier alpha value is -3.33. The van der Waals surface area contributed by atoms with Gasteiger partial charge in [-0.2, -0.15) is 5.26 Å². The first-order valence-corrected chi connectivity index (χ1v) is 7.33. The third kappa shape index (κ3) is 3.52. The first kappa shape index (κ1) is 15.6. The van der Waals surface area contributed by atoms with Crippen LogP contribution in [0.25, 0.3) is 11.1 Å². The molecule has 3 rings (SSSR count). The summed E-state index contributed by atoms with van der Waals surface area (Å²) in [5.41, 5.74) is 1.88. The molecule has 6 nitrogen and oxygen atoms in total. The van der Waals surface area contributed by atoms with E-state index < -0.39 is 12.1 Å². The van der Waals surface area contributed by atoms with Crippen molar-refractivity contribution in [3.05, 3.63) is 60.0 Å². The summed E-state index contributed by atoms with van der Waals surface area (Å²) >= 11 is 0. The summed E-state index contributed by atoms with van der Waals surface area (Å²) < 4.78 is 16.1. The van der Waals surface area contributed by atoms with Crippen molar-refractivity contribution in [1.82, 2.24) is 4.98 Å². The van der Waals surface area contributed by atoms with Crippen LogP contribution in [-0.2, 0) is 16.1 Å². The minimum Gasteiger partial charge on any atom is -0.479 e. The van der Waals surface area contributed by atoms with Gasteiger partial charge in [0.25, 0.3) is 0 Å². The molecule has 120 valence electrons. The number of carbonyl (C=O) groups is 1. The maximum absolute atomic E-state index is 12.0. The van der Waals surface area contributed by atoms with Gasteiger partial charge in [-0.1, -0.05) is 12.1 Å². The molecule has 0 aliphatic carbocycles. The molecule has 24 heavy (non-hydrogen) atoms. The SMILES string of the molecule is C[C@H](Oc1ccc(C#N)cc1)C(=O)OCc1nc2ccccc2o1. The molecule has 0 saturated heterocycles. The van der Waals surface area contributed by atoms with Gasteiger partial charge in [0.05, 0.1) is 11.6 Å². The normalized spacial score (nSPS) is 11.7. The summed E-state index contributed by atoms with van der Waals surface area (Å²) in [5, 5.41) is 8.75. The summed E-state index contributed by atoms with van der Waals surface area (Å²) in [6.45, 7) is 1.53. The Kier molecular flexibility index (Phi) is 4.43. The van der Waals surface area contributed by atoms with Crippen molar-refractivity contribution in [1.29, 1.82) is 5.26 Å². The van der Waals surface area contributed by atoms with Crippen molar-refractivity contribution >= 4 is 17.1 Å². The summed E-state index contributed by atoms with van der Waals surface area (Å²) in [7, 11) is 0. The molecule has 0 spiro atoms. The molecule has 0 aliphatic heterocycles. The van der Waals surface area contributed by atoms with Gasteiger partial charge in [0.15, 0.2) is 18.3 Å². The molecule has 3 aromatic rings. The number of aromatic nitrogens is 1. The van der Waals surface area contributed by atoms with Gasteiger partial charge in [-0.15, -0.1) is 0 Å². The van der Waals surface area contributed by atoms with Crippen LogP contribution in [0.15, 0.2) is 52.9 Å². The van der Waals surface area contributed by atoms with E-state index in [9.17, 15) is 4.79 Å². The summed E-state index contributed by atoms with van der Waals surface area (Å²) in [6.07, 6.45) is -0.790. The highest BCUT2D eigenvalue weighted by Crippen LogP contribution is 2.16. The van der Waals surface area contributed by atoms with E-state index in [1.807, 2.05) is 24.3 Å². The molecule has 0 aliphatic rings. The van der Waals surface area contributed by atoms with E-state index in [2.05, 4.69) is 4.98 Å². The largest absolute Gasteiger partial charge is 0.479 e. The zero-order valence-electron chi connectivity index (χ0n) is 12.9. The first-order chi connectivity index (χ1) is 11.7. The van der Waals surface area contributed by atoms with Crippen LogP contribution in [0, 0.1) is 11.3 Å². The molecule has 1 heterocycles. The van der Waals surface area contributed by atoms with Crippen LogP contribution in [0.5, 0.6) is 5.75 Å². The number of nitriles is 1. The number of rotatable bonds is 5. The number of ether oxygens (including phenoxy) is 2. The Labute approximate surface area is 138 Å². The van der Waals surface area contributed by atoms with Crippen molar-refractivity contribution in [2.24, 2.45) is 0 Å². The van der Waals surface area contributed by atoms with E-state index in [1.54, 1.807) is 37.3 Å². The number of oxazole rings is 1. The maximum Gasteiger partial charge on any atom is 0.347 e. The molecular formula is C18H14N2O4. The number of esters is 1. The molecule has 0 N–H and O–H groups in total. The zero-order valence-corrected chi connectivity index (χ0v) is 12.9. The van der Waals surface area contributed by atoms with Crippen molar-refractivity contribution in [2.45, 2.75) is 19.6 Å². The highest BCUT2D eigenvalue weighted by molar-refractivity contribution is 5.75. The third-order valence-corrected chi connectivity index (χ3v) is 3.30. The summed E-state index contributed by atoms with van der Waals surface area (Å²) in [4.78, 5) is 16.2. The van der Waals surface area contributed by atoms with Gasteiger partial charge in [0, 0.05) is 0 Å². The lowest BCUT2D eigenvalue weighted by atomic mass is 10.2. The van der Waals surface area contributed by atoms with Crippen molar-refractivity contribution in [3.63, 3.8) is 0 Å². The van der Waals surface area contributed by atoms with Crippen LogP contribution < -0.4 is 4.74 Å². The van der Waals surface area contributed by atoms with Gasteiger partial charge in [0.1, 0.15) is 11.3 Å². The number of nitrogens with zero attached hydrogens (tertiary/aromatic N) is 2. The molecule has 6 heteroatoms. The second-order valence-electron chi connectivity index (χ2n) is 5.08. The lowest BCUT2D eigenvalue weighted by Gasteiger charge is -2.13. The number of carbonyl (C=O) groups excluding carboxylic acids is 1. The Balaban J connectivity index is 1.56. The van der Waals surface area contributed by atoms with Gasteiger partial charge in [-0.3, -0.25) is 0 Å². The Morgan fingerprint density at radius 1 is 1.25 bits per heavy atom. The Bertz CT molecular complexity index is 860. The van der Waals surface area contributed by atoms with Crippen molar-refractivity contribution in [3.8, 4) is 11.8 Å². The Morgan fingerprint density at radius 3 is 2.71 bits per heavy atom. The topological polar surface area (TPSA) is 85.3 Å². The van der Waals surface area contributed by atoms with Gasteiger partial charge in [0.2, 0.25) is 5.89 Å². The highest BCUT2D eigenvalue weighted by Gasteiger charge is 2.18. The molecule has 0 fully saturated rings. The van der Waals surface area contributed by atoms with E-state index in [1.165, 1.54) is 0 Å². The van der Waals surface area contributed by atoms with Crippen molar-refractivity contribution in [2.75, 3.05) is 0 Å². The maximum atomic E-state index is 12.0. The quantitative estimate of drug-likeness (QED) is 0.671. The molecule has 1 aromatic heterocycles. The lowest BCUT2D eigenvalue weighted by molar-refractivity contribution is -0.153. The fourth-order valence-electron chi connectivity index (χ4n) is 2.09. The molecule has 0 unspecified atom stereocenters. The van der Waals surface area contributed by atoms with Crippen LogP contribution in [0.2, 0.25) is 0 Å². The number of benzene rings is 2. The smallest absolute Gasteiger partial charge is 0.347 e. The van der Waals surface area contributed by atoms with Gasteiger partial charge in [-0.25, -0.2) is 9.78 Å². The van der Waals surface area contributed by atoms with Crippen LogP contribution in [0.1, 0.15) is 18.4 Å². The molecule has 1 atom stereocenters. The number of para-hydroxylation sites is 2. The average Bonchev–Trinajstić information content (AvgIpc) is 3.03. The van der Waals surface area contributed by atoms with E-state index in [4.69, 9.17) is 19.2 Å². The number of hydrogen-bond acceptors (Lipinski definition) is 6.